The van der Waals surface area contributed by atoms with E-state index in [1.54, 1.807) is 11.8 Å². The van der Waals surface area contributed by atoms with Gasteiger partial charge in [-0.05, 0) is 48.4 Å². The summed E-state index contributed by atoms with van der Waals surface area (Å²) in [4.78, 5) is 1.34. The van der Waals surface area contributed by atoms with Crippen molar-refractivity contribution in [2.75, 3.05) is 24.3 Å². The summed E-state index contributed by atoms with van der Waals surface area (Å²) in [5.74, 6) is 2.51. The summed E-state index contributed by atoms with van der Waals surface area (Å²) < 4.78 is 0. The first-order valence-electron chi connectivity index (χ1n) is 5.78. The Morgan fingerprint density at radius 2 is 1.94 bits per heavy atom. The van der Waals surface area contributed by atoms with Crippen molar-refractivity contribution in [2.24, 2.45) is 0 Å². The minimum absolute atomic E-state index is 0.992. The van der Waals surface area contributed by atoms with Crippen molar-refractivity contribution in [1.29, 1.82) is 0 Å². The highest BCUT2D eigenvalue weighted by molar-refractivity contribution is 7.99. The minimum atomic E-state index is 0.992. The SMILES string of the molecule is CCSCCCNCc1ccc(SC)cc1. The van der Waals surface area contributed by atoms with E-state index in [2.05, 4.69) is 42.8 Å². The molecular formula is C13H21NS2. The van der Waals surface area contributed by atoms with Crippen LogP contribution in [0, 0.1) is 0 Å². The van der Waals surface area contributed by atoms with Crippen LogP contribution < -0.4 is 5.32 Å². The van der Waals surface area contributed by atoms with Gasteiger partial charge >= 0.3 is 0 Å². The molecule has 1 N–H and O–H groups in total. The third kappa shape index (κ3) is 5.83. The van der Waals surface area contributed by atoms with Gasteiger partial charge in [0.2, 0.25) is 0 Å². The second-order valence-electron chi connectivity index (χ2n) is 3.58. The summed E-state index contributed by atoms with van der Waals surface area (Å²) in [6.07, 6.45) is 3.38. The molecule has 0 spiro atoms. The molecule has 1 rings (SSSR count). The second kappa shape index (κ2) is 8.97. The average molecular weight is 255 g/mol. The summed E-state index contributed by atoms with van der Waals surface area (Å²) in [5, 5.41) is 3.48. The van der Waals surface area contributed by atoms with Gasteiger partial charge in [0.05, 0.1) is 0 Å². The quantitative estimate of drug-likeness (QED) is 0.562. The molecular weight excluding hydrogens is 234 g/mol. The van der Waals surface area contributed by atoms with Gasteiger partial charge in [-0.25, -0.2) is 0 Å². The lowest BCUT2D eigenvalue weighted by Gasteiger charge is -2.05. The molecule has 90 valence electrons. The first-order chi connectivity index (χ1) is 7.86. The van der Waals surface area contributed by atoms with Crippen LogP contribution in [0.1, 0.15) is 18.9 Å². The van der Waals surface area contributed by atoms with Crippen LogP contribution in [0.3, 0.4) is 0 Å². The van der Waals surface area contributed by atoms with Gasteiger partial charge in [-0.1, -0.05) is 19.1 Å². The average Bonchev–Trinajstić information content (AvgIpc) is 2.34. The monoisotopic (exact) mass is 255 g/mol. The zero-order valence-electron chi connectivity index (χ0n) is 10.2. The molecule has 0 bridgehead atoms. The molecule has 3 heteroatoms. The van der Waals surface area contributed by atoms with Crippen molar-refractivity contribution in [3.63, 3.8) is 0 Å². The maximum atomic E-state index is 3.48. The normalized spacial score (nSPS) is 10.6. The van der Waals surface area contributed by atoms with E-state index in [0.29, 0.717) is 0 Å². The summed E-state index contributed by atoms with van der Waals surface area (Å²) in [6.45, 7) is 4.33. The van der Waals surface area contributed by atoms with Crippen LogP contribution in [0.25, 0.3) is 0 Å². The van der Waals surface area contributed by atoms with Crippen molar-refractivity contribution in [1.82, 2.24) is 5.32 Å². The molecule has 0 aliphatic heterocycles. The number of rotatable bonds is 8. The zero-order valence-corrected chi connectivity index (χ0v) is 11.8. The molecule has 0 saturated heterocycles. The van der Waals surface area contributed by atoms with Crippen LogP contribution in [0.4, 0.5) is 0 Å². The molecule has 0 heterocycles. The Bertz CT molecular complexity index is 272. The van der Waals surface area contributed by atoms with Gasteiger partial charge in [-0.3, -0.25) is 0 Å². The molecule has 0 aromatic heterocycles. The summed E-state index contributed by atoms with van der Waals surface area (Å²) in [5.41, 5.74) is 1.38. The highest BCUT2D eigenvalue weighted by atomic mass is 32.2. The standard InChI is InChI=1S/C13H21NS2/c1-3-16-10-4-9-14-11-12-5-7-13(15-2)8-6-12/h5-8,14H,3-4,9-11H2,1-2H3. The zero-order chi connectivity index (χ0) is 11.6. The van der Waals surface area contributed by atoms with Gasteiger partial charge in [-0.15, -0.1) is 11.8 Å². The van der Waals surface area contributed by atoms with E-state index in [0.717, 1.165) is 13.1 Å². The van der Waals surface area contributed by atoms with Crippen LogP contribution in [-0.2, 0) is 6.54 Å². The molecule has 1 aromatic rings. The highest BCUT2D eigenvalue weighted by Gasteiger charge is 1.93. The molecule has 1 nitrogen and oxygen atoms in total. The predicted molar refractivity (Wildman–Crippen MR) is 77.5 cm³/mol. The molecule has 0 unspecified atom stereocenters. The Labute approximate surface area is 108 Å². The first kappa shape index (κ1) is 13.9. The van der Waals surface area contributed by atoms with Crippen molar-refractivity contribution in [3.05, 3.63) is 29.8 Å². The van der Waals surface area contributed by atoms with E-state index in [-0.39, 0.29) is 0 Å². The van der Waals surface area contributed by atoms with Gasteiger partial charge in [0.1, 0.15) is 0 Å². The summed E-state index contributed by atoms with van der Waals surface area (Å²) in [7, 11) is 0. The second-order valence-corrected chi connectivity index (χ2v) is 5.85. The molecule has 0 aliphatic carbocycles. The third-order valence-electron chi connectivity index (χ3n) is 2.33. The Morgan fingerprint density at radius 1 is 1.19 bits per heavy atom. The fourth-order valence-electron chi connectivity index (χ4n) is 1.42. The van der Waals surface area contributed by atoms with Crippen molar-refractivity contribution in [3.8, 4) is 0 Å². The minimum Gasteiger partial charge on any atom is -0.313 e. The van der Waals surface area contributed by atoms with Crippen LogP contribution >= 0.6 is 23.5 Å². The van der Waals surface area contributed by atoms with Gasteiger partial charge in [-0.2, -0.15) is 11.8 Å². The molecule has 0 saturated carbocycles. The Balaban J connectivity index is 2.12. The maximum Gasteiger partial charge on any atom is 0.0205 e. The maximum absolute atomic E-state index is 3.48. The molecule has 0 fully saturated rings. The molecule has 0 amide bonds. The fraction of sp³-hybridized carbons (Fsp3) is 0.538. The predicted octanol–water partition coefficient (Wildman–Crippen LogP) is 3.64. The van der Waals surface area contributed by atoms with E-state index < -0.39 is 0 Å². The van der Waals surface area contributed by atoms with E-state index >= 15 is 0 Å². The van der Waals surface area contributed by atoms with Crippen molar-refractivity contribution in [2.45, 2.75) is 24.8 Å². The smallest absolute Gasteiger partial charge is 0.0205 e. The number of thioether (sulfide) groups is 2. The summed E-state index contributed by atoms with van der Waals surface area (Å²) in [6, 6.07) is 8.79. The van der Waals surface area contributed by atoms with Crippen LogP contribution in [0.5, 0.6) is 0 Å². The molecule has 0 aliphatic rings. The van der Waals surface area contributed by atoms with Gasteiger partial charge in [0.25, 0.3) is 0 Å². The fourth-order valence-corrected chi connectivity index (χ4v) is 2.47. The molecule has 0 atom stereocenters. The Kier molecular flexibility index (Phi) is 7.81. The van der Waals surface area contributed by atoms with Gasteiger partial charge < -0.3 is 5.32 Å². The van der Waals surface area contributed by atoms with Gasteiger partial charge in [0, 0.05) is 11.4 Å². The van der Waals surface area contributed by atoms with E-state index in [9.17, 15) is 0 Å². The Hall–Kier alpha value is -0.120. The van der Waals surface area contributed by atoms with E-state index in [1.807, 2.05) is 11.8 Å². The largest absolute Gasteiger partial charge is 0.313 e. The number of hydrogen-bond donors (Lipinski definition) is 1. The number of nitrogens with one attached hydrogen (secondary N) is 1. The lowest BCUT2D eigenvalue weighted by Crippen LogP contribution is -2.15. The van der Waals surface area contributed by atoms with Crippen molar-refractivity contribution < 1.29 is 0 Å². The lowest BCUT2D eigenvalue weighted by molar-refractivity contribution is 0.678. The molecule has 0 radical (unpaired) electrons. The molecule has 16 heavy (non-hydrogen) atoms. The van der Waals surface area contributed by atoms with E-state index in [1.165, 1.54) is 28.4 Å². The highest BCUT2D eigenvalue weighted by Crippen LogP contribution is 2.14. The van der Waals surface area contributed by atoms with Crippen LogP contribution in [-0.4, -0.2) is 24.3 Å². The third-order valence-corrected chi connectivity index (χ3v) is 4.06. The lowest BCUT2D eigenvalue weighted by atomic mass is 10.2. The number of benzene rings is 1. The van der Waals surface area contributed by atoms with Gasteiger partial charge in [0.15, 0.2) is 0 Å². The topological polar surface area (TPSA) is 12.0 Å². The van der Waals surface area contributed by atoms with Crippen LogP contribution in [0.15, 0.2) is 29.2 Å². The first-order valence-corrected chi connectivity index (χ1v) is 8.16. The summed E-state index contributed by atoms with van der Waals surface area (Å²) >= 11 is 3.81. The number of hydrogen-bond acceptors (Lipinski definition) is 3. The van der Waals surface area contributed by atoms with E-state index in [4.69, 9.17) is 0 Å². The van der Waals surface area contributed by atoms with Crippen LogP contribution in [0.2, 0.25) is 0 Å². The Morgan fingerprint density at radius 3 is 2.56 bits per heavy atom. The van der Waals surface area contributed by atoms with Crippen molar-refractivity contribution >= 4 is 23.5 Å². The molecule has 1 aromatic carbocycles.